The summed E-state index contributed by atoms with van der Waals surface area (Å²) in [6, 6.07) is 12.2. The van der Waals surface area contributed by atoms with E-state index in [2.05, 4.69) is 4.74 Å². The number of nitrogens with one attached hydrogen (secondary N) is 1. The molecule has 0 radical (unpaired) electrons. The third kappa shape index (κ3) is 6.64. The summed E-state index contributed by atoms with van der Waals surface area (Å²) in [6.07, 6.45) is 2.74. The predicted octanol–water partition coefficient (Wildman–Crippen LogP) is 3.11. The Morgan fingerprint density at radius 2 is 1.75 bits per heavy atom. The van der Waals surface area contributed by atoms with Gasteiger partial charge in [0.15, 0.2) is 6.61 Å². The number of carbonyl (C=O) groups excluding carboxylic acids is 3. The van der Waals surface area contributed by atoms with Crippen molar-refractivity contribution < 1.29 is 32.6 Å². The zero-order valence-electron chi connectivity index (χ0n) is 14.9. The van der Waals surface area contributed by atoms with Gasteiger partial charge in [0.05, 0.1) is 0 Å². The zero-order valence-corrected chi connectivity index (χ0v) is 14.9. The number of hydrogen-bond donors (Lipinski definition) is 1. The van der Waals surface area contributed by atoms with Crippen LogP contribution in [0.2, 0.25) is 0 Å². The third-order valence-corrected chi connectivity index (χ3v) is 3.53. The van der Waals surface area contributed by atoms with Crippen molar-refractivity contribution in [3.8, 4) is 5.75 Å². The molecule has 2 rings (SSSR count). The van der Waals surface area contributed by atoms with Gasteiger partial charge in [-0.3, -0.25) is 14.9 Å². The van der Waals surface area contributed by atoms with Gasteiger partial charge in [-0.05, 0) is 48.4 Å². The molecule has 0 unspecified atom stereocenters. The van der Waals surface area contributed by atoms with Crippen LogP contribution in [0.4, 0.5) is 8.78 Å². The largest absolute Gasteiger partial charge is 0.452 e. The topological polar surface area (TPSA) is 81.7 Å². The Morgan fingerprint density at radius 3 is 2.39 bits per heavy atom. The van der Waals surface area contributed by atoms with Crippen LogP contribution in [0.3, 0.4) is 0 Å². The van der Waals surface area contributed by atoms with Gasteiger partial charge in [0.2, 0.25) is 0 Å². The first-order valence-electron chi connectivity index (χ1n) is 8.14. The van der Waals surface area contributed by atoms with E-state index in [0.717, 1.165) is 11.1 Å². The van der Waals surface area contributed by atoms with Crippen molar-refractivity contribution in [2.45, 2.75) is 13.5 Å². The molecule has 0 saturated heterocycles. The van der Waals surface area contributed by atoms with Crippen molar-refractivity contribution in [3.63, 3.8) is 0 Å². The Balaban J connectivity index is 1.80. The second-order valence-electron chi connectivity index (χ2n) is 5.58. The van der Waals surface area contributed by atoms with Gasteiger partial charge in [-0.1, -0.05) is 24.3 Å². The van der Waals surface area contributed by atoms with Crippen LogP contribution in [-0.4, -0.2) is 31.0 Å². The monoisotopic (exact) mass is 389 g/mol. The lowest BCUT2D eigenvalue weighted by atomic mass is 10.1. The molecular weight excluding hydrogens is 372 g/mol. The second-order valence-corrected chi connectivity index (χ2v) is 5.58. The highest BCUT2D eigenvalue weighted by Gasteiger charge is 2.12. The number of aryl methyl sites for hydroxylation is 1. The number of rotatable bonds is 7. The Labute approximate surface area is 159 Å². The first-order valence-corrected chi connectivity index (χ1v) is 8.14. The number of ether oxygens (including phenoxy) is 2. The van der Waals surface area contributed by atoms with E-state index in [4.69, 9.17) is 4.74 Å². The molecule has 0 bridgehead atoms. The van der Waals surface area contributed by atoms with E-state index in [1.54, 1.807) is 6.08 Å². The van der Waals surface area contributed by atoms with Crippen LogP contribution in [-0.2, 0) is 14.3 Å². The molecule has 0 aliphatic rings. The van der Waals surface area contributed by atoms with E-state index in [9.17, 15) is 23.2 Å². The highest BCUT2D eigenvalue weighted by molar-refractivity contribution is 6.05. The third-order valence-electron chi connectivity index (χ3n) is 3.53. The average molecular weight is 389 g/mol. The zero-order chi connectivity index (χ0) is 20.5. The van der Waals surface area contributed by atoms with Gasteiger partial charge >= 0.3 is 12.6 Å². The summed E-state index contributed by atoms with van der Waals surface area (Å²) in [5, 5.41) is 2.03. The van der Waals surface area contributed by atoms with Gasteiger partial charge in [0.25, 0.3) is 11.8 Å². The number of amides is 2. The quantitative estimate of drug-likeness (QED) is 0.581. The number of halogens is 2. The molecule has 2 aromatic carbocycles. The van der Waals surface area contributed by atoms with Gasteiger partial charge in [-0.25, -0.2) is 4.79 Å². The smallest absolute Gasteiger partial charge is 0.387 e. The van der Waals surface area contributed by atoms with Crippen LogP contribution < -0.4 is 10.1 Å². The average Bonchev–Trinajstić information content (AvgIpc) is 2.65. The first-order chi connectivity index (χ1) is 13.3. The van der Waals surface area contributed by atoms with Crippen LogP contribution in [0.1, 0.15) is 21.5 Å². The predicted molar refractivity (Wildman–Crippen MR) is 96.7 cm³/mol. The highest BCUT2D eigenvalue weighted by Crippen LogP contribution is 2.14. The maximum absolute atomic E-state index is 12.1. The number of carbonyl (C=O) groups is 3. The fourth-order valence-electron chi connectivity index (χ4n) is 2.14. The minimum absolute atomic E-state index is 0.0562. The van der Waals surface area contributed by atoms with Crippen molar-refractivity contribution in [1.82, 2.24) is 5.32 Å². The van der Waals surface area contributed by atoms with E-state index >= 15 is 0 Å². The minimum atomic E-state index is -2.98. The van der Waals surface area contributed by atoms with Crippen molar-refractivity contribution >= 4 is 23.9 Å². The summed E-state index contributed by atoms with van der Waals surface area (Å²) in [5.41, 5.74) is 1.86. The summed E-state index contributed by atoms with van der Waals surface area (Å²) in [7, 11) is 0. The molecule has 0 spiro atoms. The SMILES string of the molecule is Cc1ccccc1/C=C/C(=O)OCC(=O)NC(=O)c1ccc(OC(F)F)cc1. The molecular formula is C20H17F2NO5. The number of alkyl halides is 2. The molecule has 0 aliphatic carbocycles. The highest BCUT2D eigenvalue weighted by atomic mass is 19.3. The second kappa shape index (κ2) is 9.96. The van der Waals surface area contributed by atoms with E-state index in [1.807, 2.05) is 36.5 Å². The standard InChI is InChI=1S/C20H17F2NO5/c1-13-4-2-3-5-14(13)8-11-18(25)27-12-17(24)23-19(26)15-6-9-16(10-7-15)28-20(21)22/h2-11,20H,12H2,1H3,(H,23,24,26)/b11-8+. The number of hydrogen-bond acceptors (Lipinski definition) is 5. The Morgan fingerprint density at radius 1 is 1.07 bits per heavy atom. The molecule has 146 valence electrons. The van der Waals surface area contributed by atoms with Gasteiger partial charge in [0, 0.05) is 11.6 Å². The molecule has 1 N–H and O–H groups in total. The summed E-state index contributed by atoms with van der Waals surface area (Å²) in [6.45, 7) is -1.73. The molecule has 0 aromatic heterocycles. The molecule has 0 heterocycles. The maximum Gasteiger partial charge on any atom is 0.387 e. The number of esters is 1. The minimum Gasteiger partial charge on any atom is -0.452 e. The Hall–Kier alpha value is -3.55. The molecule has 2 amide bonds. The van der Waals surface area contributed by atoms with Crippen molar-refractivity contribution in [1.29, 1.82) is 0 Å². The summed E-state index contributed by atoms with van der Waals surface area (Å²) >= 11 is 0. The van der Waals surface area contributed by atoms with E-state index in [-0.39, 0.29) is 11.3 Å². The van der Waals surface area contributed by atoms with Gasteiger partial charge < -0.3 is 9.47 Å². The fraction of sp³-hybridized carbons (Fsp3) is 0.150. The summed E-state index contributed by atoms with van der Waals surface area (Å²) in [5.74, 6) is -2.44. The van der Waals surface area contributed by atoms with E-state index in [0.29, 0.717) is 0 Å². The summed E-state index contributed by atoms with van der Waals surface area (Å²) in [4.78, 5) is 35.3. The molecule has 0 saturated carbocycles. The lowest BCUT2D eigenvalue weighted by molar-refractivity contribution is -0.143. The number of imide groups is 1. The fourth-order valence-corrected chi connectivity index (χ4v) is 2.14. The Bertz CT molecular complexity index is 878. The van der Waals surface area contributed by atoms with Crippen LogP contribution in [0, 0.1) is 6.92 Å². The molecule has 0 aliphatic heterocycles. The molecule has 0 atom stereocenters. The lowest BCUT2D eigenvalue weighted by Crippen LogP contribution is -2.34. The van der Waals surface area contributed by atoms with Crippen LogP contribution in [0.5, 0.6) is 5.75 Å². The normalized spacial score (nSPS) is 10.7. The van der Waals surface area contributed by atoms with E-state index < -0.39 is 31.0 Å². The molecule has 2 aromatic rings. The van der Waals surface area contributed by atoms with Gasteiger partial charge in [-0.2, -0.15) is 8.78 Å². The Kier molecular flexibility index (Phi) is 7.38. The van der Waals surface area contributed by atoms with Crippen LogP contribution in [0.25, 0.3) is 6.08 Å². The van der Waals surface area contributed by atoms with E-state index in [1.165, 1.54) is 30.3 Å². The molecule has 0 fully saturated rings. The maximum atomic E-state index is 12.1. The van der Waals surface area contributed by atoms with Crippen LogP contribution in [0.15, 0.2) is 54.6 Å². The van der Waals surface area contributed by atoms with Gasteiger partial charge in [-0.15, -0.1) is 0 Å². The molecule has 8 heteroatoms. The number of benzene rings is 2. The lowest BCUT2D eigenvalue weighted by Gasteiger charge is -2.06. The summed E-state index contributed by atoms with van der Waals surface area (Å²) < 4.78 is 33.1. The molecule has 28 heavy (non-hydrogen) atoms. The van der Waals surface area contributed by atoms with Crippen molar-refractivity contribution in [2.24, 2.45) is 0 Å². The van der Waals surface area contributed by atoms with Crippen molar-refractivity contribution in [3.05, 3.63) is 71.3 Å². The van der Waals surface area contributed by atoms with Gasteiger partial charge in [0.1, 0.15) is 5.75 Å². The molecule has 6 nitrogen and oxygen atoms in total. The van der Waals surface area contributed by atoms with Crippen LogP contribution >= 0.6 is 0 Å². The van der Waals surface area contributed by atoms with Crippen molar-refractivity contribution in [2.75, 3.05) is 6.61 Å². The first kappa shape index (κ1) is 20.8.